The lowest BCUT2D eigenvalue weighted by Gasteiger charge is -2.07. The smallest absolute Gasteiger partial charge is 0.119 e. The van der Waals surface area contributed by atoms with Crippen molar-refractivity contribution in [3.05, 3.63) is 58.1 Å². The van der Waals surface area contributed by atoms with Gasteiger partial charge in [-0.25, -0.2) is 0 Å². The minimum Gasteiger partial charge on any atom is -0.497 e. The number of methoxy groups -OCH3 is 1. The topological polar surface area (TPSA) is 44.5 Å². The average Bonchev–Trinajstić information content (AvgIpc) is 2.43. The summed E-state index contributed by atoms with van der Waals surface area (Å²) in [6.07, 6.45) is 0. The third-order valence-corrected chi connectivity index (χ3v) is 3.45. The van der Waals surface area contributed by atoms with Crippen molar-refractivity contribution in [1.29, 1.82) is 0 Å². The minimum absolute atomic E-state index is 0.536. The molecule has 0 unspecified atom stereocenters. The van der Waals surface area contributed by atoms with Crippen molar-refractivity contribution >= 4 is 21.6 Å². The molecule has 2 N–H and O–H groups in total. The molecule has 100 valence electrons. The van der Waals surface area contributed by atoms with E-state index < -0.39 is 0 Å². The van der Waals surface area contributed by atoms with Gasteiger partial charge in [-0.05, 0) is 51.3 Å². The molecule has 2 rings (SSSR count). The zero-order valence-corrected chi connectivity index (χ0v) is 12.3. The van der Waals surface area contributed by atoms with E-state index in [9.17, 15) is 0 Å². The highest BCUT2D eigenvalue weighted by atomic mass is 79.9. The molecule has 0 amide bonds. The van der Waals surface area contributed by atoms with Gasteiger partial charge in [0.2, 0.25) is 0 Å². The number of nitrogens with two attached hydrogens (primary N) is 1. The van der Waals surface area contributed by atoms with Crippen LogP contribution in [0.25, 0.3) is 0 Å². The van der Waals surface area contributed by atoms with Crippen LogP contribution in [-0.4, -0.2) is 7.11 Å². The third kappa shape index (κ3) is 3.98. The molecule has 19 heavy (non-hydrogen) atoms. The molecule has 0 heterocycles. The molecule has 2 aromatic carbocycles. The van der Waals surface area contributed by atoms with Gasteiger partial charge >= 0.3 is 0 Å². The number of hydrogen-bond acceptors (Lipinski definition) is 3. The Morgan fingerprint density at radius 2 is 1.79 bits per heavy atom. The van der Waals surface area contributed by atoms with Crippen molar-refractivity contribution in [1.82, 2.24) is 0 Å². The summed E-state index contributed by atoms with van der Waals surface area (Å²) >= 11 is 3.37. The fraction of sp³-hybridized carbons (Fsp3) is 0.200. The highest BCUT2D eigenvalue weighted by Crippen LogP contribution is 2.21. The monoisotopic (exact) mass is 321 g/mol. The van der Waals surface area contributed by atoms with Gasteiger partial charge in [-0.3, -0.25) is 0 Å². The number of hydrogen-bond donors (Lipinski definition) is 1. The van der Waals surface area contributed by atoms with E-state index in [1.807, 2.05) is 42.5 Å². The standard InChI is InChI=1S/C15H16BrNO2/c1-18-13-4-2-3-11(7-13)9-19-10-12-5-6-14(16)15(17)8-12/h2-8H,9-10,17H2,1H3. The zero-order chi connectivity index (χ0) is 13.7. The van der Waals surface area contributed by atoms with Crippen LogP contribution in [0.15, 0.2) is 46.9 Å². The summed E-state index contributed by atoms with van der Waals surface area (Å²) in [5, 5.41) is 0. The molecule has 4 heteroatoms. The van der Waals surface area contributed by atoms with Crippen molar-refractivity contribution in [3.8, 4) is 5.75 Å². The van der Waals surface area contributed by atoms with Crippen molar-refractivity contribution in [2.45, 2.75) is 13.2 Å². The molecule has 0 aromatic heterocycles. The van der Waals surface area contributed by atoms with Crippen LogP contribution in [0.3, 0.4) is 0 Å². The molecule has 0 saturated heterocycles. The number of halogens is 1. The minimum atomic E-state index is 0.536. The molecule has 0 radical (unpaired) electrons. The largest absolute Gasteiger partial charge is 0.497 e. The van der Waals surface area contributed by atoms with Crippen LogP contribution in [0.1, 0.15) is 11.1 Å². The number of ether oxygens (including phenoxy) is 2. The number of anilines is 1. The molecule has 2 aromatic rings. The summed E-state index contributed by atoms with van der Waals surface area (Å²) in [5.74, 6) is 0.842. The molecule has 0 aliphatic heterocycles. The Labute approximate surface area is 121 Å². The van der Waals surface area contributed by atoms with Gasteiger partial charge in [0.15, 0.2) is 0 Å². The van der Waals surface area contributed by atoms with Crippen molar-refractivity contribution in [3.63, 3.8) is 0 Å². The molecule has 0 aliphatic carbocycles. The van der Waals surface area contributed by atoms with E-state index in [2.05, 4.69) is 15.9 Å². The summed E-state index contributed by atoms with van der Waals surface area (Å²) in [4.78, 5) is 0. The Morgan fingerprint density at radius 1 is 1.05 bits per heavy atom. The first-order valence-electron chi connectivity index (χ1n) is 5.93. The summed E-state index contributed by atoms with van der Waals surface area (Å²) in [6, 6.07) is 13.7. The van der Waals surface area contributed by atoms with Crippen LogP contribution in [0.2, 0.25) is 0 Å². The SMILES string of the molecule is COc1cccc(COCc2ccc(Br)c(N)c2)c1. The summed E-state index contributed by atoms with van der Waals surface area (Å²) in [7, 11) is 1.66. The van der Waals surface area contributed by atoms with Crippen molar-refractivity contribution in [2.75, 3.05) is 12.8 Å². The molecule has 0 atom stereocenters. The van der Waals surface area contributed by atoms with Crippen LogP contribution in [0, 0.1) is 0 Å². The number of rotatable bonds is 5. The number of benzene rings is 2. The number of nitrogen functional groups attached to an aromatic ring is 1. The van der Waals surface area contributed by atoms with Crippen molar-refractivity contribution in [2.24, 2.45) is 0 Å². The third-order valence-electron chi connectivity index (χ3n) is 2.73. The lowest BCUT2D eigenvalue weighted by Crippen LogP contribution is -1.96. The average molecular weight is 322 g/mol. The van der Waals surface area contributed by atoms with Crippen LogP contribution in [-0.2, 0) is 18.0 Å². The van der Waals surface area contributed by atoms with Crippen molar-refractivity contribution < 1.29 is 9.47 Å². The maximum absolute atomic E-state index is 5.82. The lowest BCUT2D eigenvalue weighted by molar-refractivity contribution is 0.107. The Morgan fingerprint density at radius 3 is 2.47 bits per heavy atom. The second kappa shape index (κ2) is 6.59. The fourth-order valence-corrected chi connectivity index (χ4v) is 1.98. The fourth-order valence-electron chi connectivity index (χ4n) is 1.73. The van der Waals surface area contributed by atoms with Gasteiger partial charge < -0.3 is 15.2 Å². The van der Waals surface area contributed by atoms with Crippen LogP contribution < -0.4 is 10.5 Å². The highest BCUT2D eigenvalue weighted by Gasteiger charge is 2.00. The van der Waals surface area contributed by atoms with E-state index in [0.29, 0.717) is 13.2 Å². The van der Waals surface area contributed by atoms with Crippen LogP contribution >= 0.6 is 15.9 Å². The maximum atomic E-state index is 5.82. The first kappa shape index (κ1) is 13.9. The van der Waals surface area contributed by atoms with Gasteiger partial charge in [-0.15, -0.1) is 0 Å². The summed E-state index contributed by atoms with van der Waals surface area (Å²) < 4.78 is 11.8. The van der Waals surface area contributed by atoms with Gasteiger partial charge in [-0.1, -0.05) is 18.2 Å². The Bertz CT molecular complexity index is 558. The van der Waals surface area contributed by atoms with Crippen LogP contribution in [0.5, 0.6) is 5.75 Å². The van der Waals surface area contributed by atoms with Crippen LogP contribution in [0.4, 0.5) is 5.69 Å². The predicted octanol–water partition coefficient (Wildman–Crippen LogP) is 3.76. The first-order valence-corrected chi connectivity index (χ1v) is 6.73. The molecule has 0 spiro atoms. The predicted molar refractivity (Wildman–Crippen MR) is 80.0 cm³/mol. The molecule has 0 saturated carbocycles. The second-order valence-corrected chi connectivity index (χ2v) is 5.05. The van der Waals surface area contributed by atoms with Gasteiger partial charge in [0.1, 0.15) is 5.75 Å². The van der Waals surface area contributed by atoms with Gasteiger partial charge in [0, 0.05) is 10.2 Å². The van der Waals surface area contributed by atoms with Gasteiger partial charge in [0.25, 0.3) is 0 Å². The second-order valence-electron chi connectivity index (χ2n) is 4.20. The normalized spacial score (nSPS) is 10.4. The van der Waals surface area contributed by atoms with E-state index in [-0.39, 0.29) is 0 Å². The molecule has 3 nitrogen and oxygen atoms in total. The van der Waals surface area contributed by atoms with E-state index in [4.69, 9.17) is 15.2 Å². The molecule has 0 bridgehead atoms. The Hall–Kier alpha value is -1.52. The Balaban J connectivity index is 1.90. The quantitative estimate of drug-likeness (QED) is 0.853. The van der Waals surface area contributed by atoms with Gasteiger partial charge in [-0.2, -0.15) is 0 Å². The lowest BCUT2D eigenvalue weighted by atomic mass is 10.2. The maximum Gasteiger partial charge on any atom is 0.119 e. The molecule has 0 fully saturated rings. The van der Waals surface area contributed by atoms with E-state index in [1.54, 1.807) is 7.11 Å². The Kier molecular flexibility index (Phi) is 4.82. The summed E-state index contributed by atoms with van der Waals surface area (Å²) in [5.41, 5.74) is 8.69. The highest BCUT2D eigenvalue weighted by molar-refractivity contribution is 9.10. The van der Waals surface area contributed by atoms with E-state index in [1.165, 1.54) is 0 Å². The molecular formula is C15H16BrNO2. The molecular weight excluding hydrogens is 306 g/mol. The summed E-state index contributed by atoms with van der Waals surface area (Å²) in [6.45, 7) is 1.09. The van der Waals surface area contributed by atoms with Gasteiger partial charge in [0.05, 0.1) is 20.3 Å². The zero-order valence-electron chi connectivity index (χ0n) is 10.7. The molecule has 0 aliphatic rings. The van der Waals surface area contributed by atoms with E-state index >= 15 is 0 Å². The first-order chi connectivity index (χ1) is 9.19. The van der Waals surface area contributed by atoms with E-state index in [0.717, 1.165) is 27.0 Å².